The lowest BCUT2D eigenvalue weighted by Crippen LogP contribution is -2.38. The zero-order valence-corrected chi connectivity index (χ0v) is 13.6. The predicted molar refractivity (Wildman–Crippen MR) is 85.0 cm³/mol. The molecule has 0 radical (unpaired) electrons. The molecule has 0 aliphatic carbocycles. The summed E-state index contributed by atoms with van der Waals surface area (Å²) < 4.78 is 10.7. The molecule has 0 bridgehead atoms. The fourth-order valence-electron chi connectivity index (χ4n) is 2.02. The van der Waals surface area contributed by atoms with Gasteiger partial charge in [-0.05, 0) is 20.8 Å². The summed E-state index contributed by atoms with van der Waals surface area (Å²) in [4.78, 5) is 8.62. The summed E-state index contributed by atoms with van der Waals surface area (Å²) >= 11 is 0. The fraction of sp³-hybridized carbons (Fsp3) is 0.600. The van der Waals surface area contributed by atoms with Crippen LogP contribution in [-0.2, 0) is 11.3 Å². The van der Waals surface area contributed by atoms with Gasteiger partial charge in [-0.25, -0.2) is 0 Å². The first kappa shape index (κ1) is 17.2. The second kappa shape index (κ2) is 9.18. The summed E-state index contributed by atoms with van der Waals surface area (Å²) in [6.07, 6.45) is 1.83. The average Bonchev–Trinajstić information content (AvgIpc) is 2.49. The molecule has 0 atom stereocenters. The zero-order chi connectivity index (χ0) is 15.7. The second-order valence-electron chi connectivity index (χ2n) is 4.60. The second-order valence-corrected chi connectivity index (χ2v) is 4.60. The number of aryl methyl sites for hydroxylation is 1. The quantitative estimate of drug-likeness (QED) is 0.452. The molecular weight excluding hydrogens is 268 g/mol. The summed E-state index contributed by atoms with van der Waals surface area (Å²) in [6, 6.07) is 0. The minimum Gasteiger partial charge on any atom is -0.496 e. The van der Waals surface area contributed by atoms with Gasteiger partial charge in [0.15, 0.2) is 5.96 Å². The van der Waals surface area contributed by atoms with Gasteiger partial charge in [0.05, 0.1) is 26.0 Å². The minimum absolute atomic E-state index is 0.594. The molecule has 0 aliphatic rings. The van der Waals surface area contributed by atoms with E-state index in [0.717, 1.165) is 41.7 Å². The molecule has 0 unspecified atom stereocenters. The van der Waals surface area contributed by atoms with E-state index in [4.69, 9.17) is 9.47 Å². The van der Waals surface area contributed by atoms with Gasteiger partial charge in [-0.1, -0.05) is 0 Å². The fourth-order valence-corrected chi connectivity index (χ4v) is 2.02. The number of aliphatic imine (C=N–C) groups is 1. The summed E-state index contributed by atoms with van der Waals surface area (Å²) in [5, 5.41) is 6.43. The lowest BCUT2D eigenvalue weighted by molar-refractivity contribution is 0.152. The SMILES string of the molecule is CCOCCNC(=NC)NCc1ncc(C)c(OC)c1C. The summed E-state index contributed by atoms with van der Waals surface area (Å²) in [7, 11) is 3.42. The maximum Gasteiger partial charge on any atom is 0.191 e. The molecule has 1 rings (SSSR count). The molecule has 1 heterocycles. The van der Waals surface area contributed by atoms with E-state index in [1.807, 2.05) is 27.0 Å². The number of aromatic nitrogens is 1. The van der Waals surface area contributed by atoms with Gasteiger partial charge >= 0.3 is 0 Å². The van der Waals surface area contributed by atoms with Crippen LogP contribution in [0.1, 0.15) is 23.7 Å². The van der Waals surface area contributed by atoms with Crippen molar-refractivity contribution in [3.63, 3.8) is 0 Å². The Morgan fingerprint density at radius 2 is 2.10 bits per heavy atom. The van der Waals surface area contributed by atoms with E-state index < -0.39 is 0 Å². The molecule has 0 saturated carbocycles. The first-order valence-electron chi connectivity index (χ1n) is 7.15. The largest absolute Gasteiger partial charge is 0.496 e. The average molecular weight is 294 g/mol. The molecule has 1 aromatic heterocycles. The van der Waals surface area contributed by atoms with Crippen molar-refractivity contribution >= 4 is 5.96 Å². The van der Waals surface area contributed by atoms with Crippen molar-refractivity contribution in [1.82, 2.24) is 15.6 Å². The van der Waals surface area contributed by atoms with Crippen molar-refractivity contribution in [3.05, 3.63) is 23.0 Å². The van der Waals surface area contributed by atoms with Gasteiger partial charge in [0, 0.05) is 37.5 Å². The van der Waals surface area contributed by atoms with E-state index in [-0.39, 0.29) is 0 Å². The van der Waals surface area contributed by atoms with Crippen molar-refractivity contribution in [2.45, 2.75) is 27.3 Å². The van der Waals surface area contributed by atoms with Gasteiger partial charge in [-0.2, -0.15) is 0 Å². The van der Waals surface area contributed by atoms with Crippen molar-refractivity contribution < 1.29 is 9.47 Å². The van der Waals surface area contributed by atoms with Crippen molar-refractivity contribution in [2.75, 3.05) is 33.9 Å². The number of rotatable bonds is 7. The van der Waals surface area contributed by atoms with Crippen molar-refractivity contribution in [2.24, 2.45) is 4.99 Å². The highest BCUT2D eigenvalue weighted by Crippen LogP contribution is 2.23. The topological polar surface area (TPSA) is 67.8 Å². The van der Waals surface area contributed by atoms with Crippen LogP contribution in [0.15, 0.2) is 11.2 Å². The molecule has 2 N–H and O–H groups in total. The Balaban J connectivity index is 2.57. The van der Waals surface area contributed by atoms with E-state index in [1.54, 1.807) is 14.2 Å². The van der Waals surface area contributed by atoms with Crippen LogP contribution in [-0.4, -0.2) is 44.9 Å². The first-order chi connectivity index (χ1) is 10.1. The summed E-state index contributed by atoms with van der Waals surface area (Å²) in [5.41, 5.74) is 3.04. The molecule has 6 heteroatoms. The highest BCUT2D eigenvalue weighted by atomic mass is 16.5. The lowest BCUT2D eigenvalue weighted by Gasteiger charge is -2.15. The van der Waals surface area contributed by atoms with Gasteiger partial charge in [0.25, 0.3) is 0 Å². The smallest absolute Gasteiger partial charge is 0.191 e. The highest BCUT2D eigenvalue weighted by Gasteiger charge is 2.09. The molecule has 0 saturated heterocycles. The van der Waals surface area contributed by atoms with Crippen LogP contribution in [0.25, 0.3) is 0 Å². The third-order valence-electron chi connectivity index (χ3n) is 3.14. The molecule has 21 heavy (non-hydrogen) atoms. The van der Waals surface area contributed by atoms with E-state index in [9.17, 15) is 0 Å². The monoisotopic (exact) mass is 294 g/mol. The number of hydrogen-bond acceptors (Lipinski definition) is 4. The Morgan fingerprint density at radius 3 is 2.71 bits per heavy atom. The predicted octanol–water partition coefficient (Wildman–Crippen LogP) is 1.41. The lowest BCUT2D eigenvalue weighted by atomic mass is 10.1. The molecule has 1 aromatic rings. The van der Waals surface area contributed by atoms with Crippen LogP contribution in [0.2, 0.25) is 0 Å². The summed E-state index contributed by atoms with van der Waals surface area (Å²) in [6.45, 7) is 8.68. The number of pyridine rings is 1. The third-order valence-corrected chi connectivity index (χ3v) is 3.14. The van der Waals surface area contributed by atoms with Gasteiger partial charge in [0.1, 0.15) is 5.75 Å². The van der Waals surface area contributed by atoms with Gasteiger partial charge in [-0.3, -0.25) is 9.98 Å². The van der Waals surface area contributed by atoms with Crippen LogP contribution in [0.3, 0.4) is 0 Å². The van der Waals surface area contributed by atoms with E-state index in [1.165, 1.54) is 0 Å². The molecule has 0 aromatic carbocycles. The van der Waals surface area contributed by atoms with Crippen LogP contribution < -0.4 is 15.4 Å². The molecule has 0 amide bonds. The number of guanidine groups is 1. The maximum atomic E-state index is 5.41. The number of nitrogens with one attached hydrogen (secondary N) is 2. The molecule has 6 nitrogen and oxygen atoms in total. The van der Waals surface area contributed by atoms with Gasteiger partial charge in [0.2, 0.25) is 0 Å². The number of hydrogen-bond donors (Lipinski definition) is 2. The molecule has 0 fully saturated rings. The van der Waals surface area contributed by atoms with E-state index in [0.29, 0.717) is 13.2 Å². The number of ether oxygens (including phenoxy) is 2. The normalized spacial score (nSPS) is 11.4. The van der Waals surface area contributed by atoms with Crippen LogP contribution in [0.5, 0.6) is 5.75 Å². The molecule has 0 aliphatic heterocycles. The Labute approximate surface area is 127 Å². The van der Waals surface area contributed by atoms with Crippen LogP contribution in [0, 0.1) is 13.8 Å². The zero-order valence-electron chi connectivity index (χ0n) is 13.6. The highest BCUT2D eigenvalue weighted by molar-refractivity contribution is 5.79. The van der Waals surface area contributed by atoms with E-state index >= 15 is 0 Å². The number of methoxy groups -OCH3 is 1. The van der Waals surface area contributed by atoms with Crippen LogP contribution >= 0.6 is 0 Å². The Bertz CT molecular complexity index is 475. The van der Waals surface area contributed by atoms with Crippen molar-refractivity contribution in [3.8, 4) is 5.75 Å². The molecule has 118 valence electrons. The van der Waals surface area contributed by atoms with Crippen LogP contribution in [0.4, 0.5) is 0 Å². The number of nitrogens with zero attached hydrogens (tertiary/aromatic N) is 2. The third kappa shape index (κ3) is 5.23. The molecular formula is C15H26N4O2. The Morgan fingerprint density at radius 1 is 1.33 bits per heavy atom. The standard InChI is InChI=1S/C15H26N4O2/c1-6-21-8-7-17-15(16-4)19-10-13-12(3)14(20-5)11(2)9-18-13/h9H,6-8,10H2,1-5H3,(H2,16,17,19). The van der Waals surface area contributed by atoms with Crippen molar-refractivity contribution in [1.29, 1.82) is 0 Å². The van der Waals surface area contributed by atoms with Gasteiger partial charge < -0.3 is 20.1 Å². The minimum atomic E-state index is 0.594. The first-order valence-corrected chi connectivity index (χ1v) is 7.15. The summed E-state index contributed by atoms with van der Waals surface area (Å²) in [5.74, 6) is 1.62. The molecule has 0 spiro atoms. The maximum absolute atomic E-state index is 5.41. The van der Waals surface area contributed by atoms with E-state index in [2.05, 4.69) is 20.6 Å². The Hall–Kier alpha value is -1.82. The van der Waals surface area contributed by atoms with Gasteiger partial charge in [-0.15, -0.1) is 0 Å². The Kier molecular flexibility index (Phi) is 7.53.